The molecule has 3 rings (SSSR count). The zero-order valence-electron chi connectivity index (χ0n) is 17.5. The van der Waals surface area contributed by atoms with E-state index in [0.29, 0.717) is 23.9 Å². The van der Waals surface area contributed by atoms with Gasteiger partial charge in [0.15, 0.2) is 0 Å². The van der Waals surface area contributed by atoms with E-state index in [1.807, 2.05) is 13.8 Å². The lowest BCUT2D eigenvalue weighted by Gasteiger charge is -2.35. The first-order valence-electron chi connectivity index (χ1n) is 9.83. The lowest BCUT2D eigenvalue weighted by molar-refractivity contribution is -0.139. The maximum atomic E-state index is 13.3. The van der Waals surface area contributed by atoms with Gasteiger partial charge in [-0.3, -0.25) is 9.59 Å². The van der Waals surface area contributed by atoms with E-state index in [0.717, 1.165) is 5.56 Å². The molecule has 1 aliphatic heterocycles. The van der Waals surface area contributed by atoms with Gasteiger partial charge in [-0.05, 0) is 55.8 Å². The van der Waals surface area contributed by atoms with Crippen molar-refractivity contribution in [2.24, 2.45) is 0 Å². The summed E-state index contributed by atoms with van der Waals surface area (Å²) in [6.45, 7) is 4.69. The van der Waals surface area contributed by atoms with Gasteiger partial charge in [-0.25, -0.2) is 0 Å². The smallest absolute Gasteiger partial charge is 0.270 e. The molecule has 2 aromatic carbocycles. The molecule has 0 saturated carbocycles. The summed E-state index contributed by atoms with van der Waals surface area (Å²) >= 11 is 12.1. The molecule has 1 aliphatic rings. The van der Waals surface area contributed by atoms with Gasteiger partial charge in [-0.15, -0.1) is 0 Å². The van der Waals surface area contributed by atoms with E-state index in [9.17, 15) is 9.59 Å². The van der Waals surface area contributed by atoms with Crippen LogP contribution in [0, 0.1) is 0 Å². The second-order valence-corrected chi connectivity index (χ2v) is 8.22. The topological polar surface area (TPSA) is 67.9 Å². The molecule has 2 amide bonds. The van der Waals surface area contributed by atoms with Crippen LogP contribution in [-0.2, 0) is 9.53 Å². The van der Waals surface area contributed by atoms with E-state index < -0.39 is 5.91 Å². The van der Waals surface area contributed by atoms with E-state index in [1.54, 1.807) is 48.4 Å². The van der Waals surface area contributed by atoms with Crippen LogP contribution < -0.4 is 10.1 Å². The molecule has 1 heterocycles. The van der Waals surface area contributed by atoms with Crippen molar-refractivity contribution in [3.8, 4) is 5.75 Å². The standard InChI is InChI=1S/C23H24Cl2N2O4/c1-14-12-27(13-15(2)31-14)23(29)21(10-16-4-7-18(30-3)8-5-16)26-22(28)19-9-6-17(24)11-20(19)25/h4-11,14-15H,12-13H2,1-3H3,(H,26,28)/b21-10+/t14-,15-/m0/s1. The summed E-state index contributed by atoms with van der Waals surface area (Å²) in [5.74, 6) is -0.0989. The predicted octanol–water partition coefficient (Wildman–Crippen LogP) is 4.41. The summed E-state index contributed by atoms with van der Waals surface area (Å²) in [5.41, 5.74) is 1.10. The third kappa shape index (κ3) is 6.00. The molecule has 0 unspecified atom stereocenters. The van der Waals surface area contributed by atoms with E-state index in [1.165, 1.54) is 12.1 Å². The molecular formula is C23H24Cl2N2O4. The number of nitrogens with zero attached hydrogens (tertiary/aromatic N) is 1. The van der Waals surface area contributed by atoms with Crippen LogP contribution in [0.2, 0.25) is 10.0 Å². The first kappa shape index (κ1) is 23.1. The third-order valence-corrected chi connectivity index (χ3v) is 5.34. The van der Waals surface area contributed by atoms with E-state index >= 15 is 0 Å². The zero-order valence-corrected chi connectivity index (χ0v) is 19.0. The highest BCUT2D eigenvalue weighted by Gasteiger charge is 2.29. The minimum Gasteiger partial charge on any atom is -0.497 e. The first-order valence-corrected chi connectivity index (χ1v) is 10.6. The third-order valence-electron chi connectivity index (χ3n) is 4.79. The second kappa shape index (κ2) is 10.2. The lowest BCUT2D eigenvalue weighted by Crippen LogP contribution is -2.50. The van der Waals surface area contributed by atoms with Gasteiger partial charge in [-0.2, -0.15) is 0 Å². The number of hydrogen-bond donors (Lipinski definition) is 1. The molecule has 164 valence electrons. The highest BCUT2D eigenvalue weighted by molar-refractivity contribution is 6.36. The van der Waals surface area contributed by atoms with Gasteiger partial charge in [-0.1, -0.05) is 35.3 Å². The number of ether oxygens (including phenoxy) is 2. The molecule has 1 N–H and O–H groups in total. The SMILES string of the molecule is COc1ccc(/C=C(/NC(=O)c2ccc(Cl)cc2Cl)C(=O)N2C[C@H](C)O[C@@H](C)C2)cc1. The molecule has 8 heteroatoms. The molecule has 1 saturated heterocycles. The summed E-state index contributed by atoms with van der Waals surface area (Å²) in [4.78, 5) is 27.9. The fraction of sp³-hybridized carbons (Fsp3) is 0.304. The largest absolute Gasteiger partial charge is 0.497 e. The highest BCUT2D eigenvalue weighted by atomic mass is 35.5. The summed E-state index contributed by atoms with van der Waals surface area (Å²) in [6.07, 6.45) is 1.43. The van der Waals surface area contributed by atoms with Gasteiger partial charge in [0.25, 0.3) is 11.8 Å². The number of rotatable bonds is 5. The fourth-order valence-electron chi connectivity index (χ4n) is 3.40. The number of amides is 2. The Morgan fingerprint density at radius 1 is 1.10 bits per heavy atom. The van der Waals surface area contributed by atoms with Gasteiger partial charge >= 0.3 is 0 Å². The van der Waals surface area contributed by atoms with Crippen LogP contribution >= 0.6 is 23.2 Å². The number of hydrogen-bond acceptors (Lipinski definition) is 4. The van der Waals surface area contributed by atoms with Crippen LogP contribution in [0.5, 0.6) is 5.75 Å². The molecule has 6 nitrogen and oxygen atoms in total. The maximum absolute atomic E-state index is 13.3. The monoisotopic (exact) mass is 462 g/mol. The van der Waals surface area contributed by atoms with Gasteiger partial charge in [0.2, 0.25) is 0 Å². The van der Waals surface area contributed by atoms with Crippen LogP contribution in [0.4, 0.5) is 0 Å². The number of methoxy groups -OCH3 is 1. The van der Waals surface area contributed by atoms with E-state index in [2.05, 4.69) is 5.32 Å². The molecular weight excluding hydrogens is 439 g/mol. The fourth-order valence-corrected chi connectivity index (χ4v) is 3.89. The predicted molar refractivity (Wildman–Crippen MR) is 121 cm³/mol. The van der Waals surface area contributed by atoms with E-state index in [4.69, 9.17) is 32.7 Å². The molecule has 31 heavy (non-hydrogen) atoms. The van der Waals surface area contributed by atoms with Crippen molar-refractivity contribution in [3.63, 3.8) is 0 Å². The molecule has 0 aliphatic carbocycles. The van der Waals surface area contributed by atoms with Gasteiger partial charge < -0.3 is 19.7 Å². The highest BCUT2D eigenvalue weighted by Crippen LogP contribution is 2.22. The van der Waals surface area contributed by atoms with Crippen LogP contribution in [0.15, 0.2) is 48.2 Å². The van der Waals surface area contributed by atoms with Gasteiger partial charge in [0.05, 0.1) is 29.9 Å². The Labute approximate surface area is 191 Å². The van der Waals surface area contributed by atoms with Crippen molar-refractivity contribution >= 4 is 41.1 Å². The summed E-state index contributed by atoms with van der Waals surface area (Å²) < 4.78 is 10.9. The summed E-state index contributed by atoms with van der Waals surface area (Å²) in [6, 6.07) is 11.8. The van der Waals surface area contributed by atoms with Crippen molar-refractivity contribution in [1.29, 1.82) is 0 Å². The van der Waals surface area contributed by atoms with Crippen molar-refractivity contribution < 1.29 is 19.1 Å². The van der Waals surface area contributed by atoms with Crippen LogP contribution in [0.25, 0.3) is 6.08 Å². The Bertz CT molecular complexity index is 982. The Morgan fingerprint density at radius 3 is 2.32 bits per heavy atom. The van der Waals surface area contributed by atoms with Crippen LogP contribution in [0.1, 0.15) is 29.8 Å². The zero-order chi connectivity index (χ0) is 22.5. The molecule has 1 fully saturated rings. The quantitative estimate of drug-likeness (QED) is 0.668. The van der Waals surface area contributed by atoms with Crippen molar-refractivity contribution in [2.45, 2.75) is 26.1 Å². The van der Waals surface area contributed by atoms with Crippen LogP contribution in [-0.4, -0.2) is 49.1 Å². The Morgan fingerprint density at radius 2 is 1.74 bits per heavy atom. The average Bonchev–Trinajstić information content (AvgIpc) is 2.72. The van der Waals surface area contributed by atoms with Crippen molar-refractivity contribution in [2.75, 3.05) is 20.2 Å². The average molecular weight is 463 g/mol. The number of morpholine rings is 1. The molecule has 0 aromatic heterocycles. The van der Waals surface area contributed by atoms with Gasteiger partial charge in [0.1, 0.15) is 11.4 Å². The van der Waals surface area contributed by atoms with Crippen molar-refractivity contribution in [3.05, 3.63) is 69.3 Å². The normalized spacial score (nSPS) is 19.1. The number of carbonyl (C=O) groups excluding carboxylic acids is 2. The second-order valence-electron chi connectivity index (χ2n) is 7.38. The van der Waals surface area contributed by atoms with E-state index in [-0.39, 0.29) is 34.4 Å². The molecule has 0 spiro atoms. The minimum absolute atomic E-state index is 0.101. The Balaban J connectivity index is 1.92. The molecule has 2 aromatic rings. The summed E-state index contributed by atoms with van der Waals surface area (Å²) in [5, 5.41) is 3.35. The maximum Gasteiger partial charge on any atom is 0.270 e. The lowest BCUT2D eigenvalue weighted by atomic mass is 10.1. The number of benzene rings is 2. The number of carbonyl (C=O) groups is 2. The first-order chi connectivity index (χ1) is 14.8. The summed E-state index contributed by atoms with van der Waals surface area (Å²) in [7, 11) is 1.58. The Kier molecular flexibility index (Phi) is 7.59. The van der Waals surface area contributed by atoms with Crippen molar-refractivity contribution in [1.82, 2.24) is 10.2 Å². The van der Waals surface area contributed by atoms with Gasteiger partial charge in [0, 0.05) is 18.1 Å². The Hall–Kier alpha value is -2.54. The number of nitrogens with one attached hydrogen (secondary N) is 1. The number of halogens is 2. The molecule has 0 bridgehead atoms. The molecule has 2 atom stereocenters. The minimum atomic E-state index is -0.496. The van der Waals surface area contributed by atoms with Crippen LogP contribution in [0.3, 0.4) is 0 Å². The molecule has 0 radical (unpaired) electrons.